The lowest BCUT2D eigenvalue weighted by Gasteiger charge is -2.15. The summed E-state index contributed by atoms with van der Waals surface area (Å²) in [5, 5.41) is 0.0825. The van der Waals surface area contributed by atoms with Crippen molar-refractivity contribution < 1.29 is 30.7 Å². The lowest BCUT2D eigenvalue weighted by Crippen LogP contribution is -2.20. The summed E-state index contributed by atoms with van der Waals surface area (Å²) in [5.74, 6) is -1.11. The number of halogens is 4. The molecule has 7 nitrogen and oxygen atoms in total. The average Bonchev–Trinajstić information content (AvgIpc) is 2.92. The number of nitrogens with one attached hydrogen (secondary N) is 2. The Balaban J connectivity index is 1.94. The summed E-state index contributed by atoms with van der Waals surface area (Å²) in [6, 6.07) is 7.08. The van der Waals surface area contributed by atoms with Gasteiger partial charge >= 0.3 is 11.9 Å². The number of alkyl halides is 3. The predicted octanol–water partition coefficient (Wildman–Crippen LogP) is 3.52. The Morgan fingerprint density at radius 2 is 1.93 bits per heavy atom. The molecular weight excluding hydrogens is 413 g/mol. The molecule has 3 rings (SSSR count). The van der Waals surface area contributed by atoms with Gasteiger partial charge in [0.05, 0.1) is 16.1 Å². The zero-order chi connectivity index (χ0) is 19.8. The van der Waals surface area contributed by atoms with Gasteiger partial charge in [0, 0.05) is 11.1 Å². The zero-order valence-electron chi connectivity index (χ0n) is 13.1. The minimum atomic E-state index is -4.60. The zero-order valence-corrected chi connectivity index (χ0v) is 14.7. The number of hydrogen-bond donors (Lipinski definition) is 2. The van der Waals surface area contributed by atoms with Crippen LogP contribution in [0, 0.1) is 0 Å². The summed E-state index contributed by atoms with van der Waals surface area (Å²) in [5.41, 5.74) is 0.0146. The quantitative estimate of drug-likeness (QED) is 0.655. The van der Waals surface area contributed by atoms with Gasteiger partial charge in [0.15, 0.2) is 12.2 Å². The van der Waals surface area contributed by atoms with Crippen LogP contribution in [0.1, 0.15) is 0 Å². The number of anilines is 1. The second-order valence-electron chi connectivity index (χ2n) is 5.32. The molecule has 1 aromatic heterocycles. The number of aromatic nitrogens is 1. The number of ether oxygens (including phenoxy) is 1. The second kappa shape index (κ2) is 6.82. The summed E-state index contributed by atoms with van der Waals surface area (Å²) in [6.07, 6.45) is -4.60. The van der Waals surface area contributed by atoms with Crippen LogP contribution in [0.4, 0.5) is 18.9 Å². The Kier molecular flexibility index (Phi) is 4.82. The number of fused-ring (bicyclic) bond motifs is 1. The van der Waals surface area contributed by atoms with Crippen molar-refractivity contribution in [3.8, 4) is 5.75 Å². The highest BCUT2D eigenvalue weighted by atomic mass is 35.5. The summed E-state index contributed by atoms with van der Waals surface area (Å²) in [6.45, 7) is -1.61. The fourth-order valence-electron chi connectivity index (χ4n) is 2.16. The van der Waals surface area contributed by atoms with Gasteiger partial charge in [-0.3, -0.25) is 9.71 Å². The standard InChI is InChI=1S/C15H10ClF3N2O5S/c16-8-1-4-12(25-7-15(17,18)19)11(5-8)21-27(23,24)9-2-3-10-13(6-9)26-14(22)20-10/h1-6,21H,7H2,(H,20,22). The molecule has 0 aliphatic rings. The van der Waals surface area contributed by atoms with E-state index in [4.69, 9.17) is 16.0 Å². The molecule has 0 radical (unpaired) electrons. The highest BCUT2D eigenvalue weighted by Crippen LogP contribution is 2.31. The Morgan fingerprint density at radius 3 is 2.63 bits per heavy atom. The average molecular weight is 423 g/mol. The van der Waals surface area contributed by atoms with Crippen molar-refractivity contribution in [1.29, 1.82) is 0 Å². The molecular formula is C15H10ClF3N2O5S. The topological polar surface area (TPSA) is 101 Å². The molecule has 144 valence electrons. The van der Waals surface area contributed by atoms with Crippen molar-refractivity contribution in [3.05, 3.63) is 52.0 Å². The third kappa shape index (κ3) is 4.55. The molecule has 27 heavy (non-hydrogen) atoms. The van der Waals surface area contributed by atoms with Gasteiger partial charge in [-0.1, -0.05) is 11.6 Å². The van der Waals surface area contributed by atoms with Gasteiger partial charge in [0.25, 0.3) is 10.0 Å². The third-order valence-electron chi connectivity index (χ3n) is 3.28. The van der Waals surface area contributed by atoms with E-state index in [9.17, 15) is 26.4 Å². The van der Waals surface area contributed by atoms with E-state index in [1.807, 2.05) is 0 Å². The predicted molar refractivity (Wildman–Crippen MR) is 90.6 cm³/mol. The molecule has 0 atom stereocenters. The molecule has 12 heteroatoms. The highest BCUT2D eigenvalue weighted by Gasteiger charge is 2.29. The van der Waals surface area contributed by atoms with Crippen LogP contribution < -0.4 is 15.2 Å². The van der Waals surface area contributed by atoms with Crippen molar-refractivity contribution in [3.63, 3.8) is 0 Å². The van der Waals surface area contributed by atoms with Crippen molar-refractivity contribution in [2.24, 2.45) is 0 Å². The van der Waals surface area contributed by atoms with Crippen LogP contribution in [0.15, 0.2) is 50.5 Å². The lowest BCUT2D eigenvalue weighted by atomic mass is 10.3. The molecule has 0 unspecified atom stereocenters. The largest absolute Gasteiger partial charge is 0.482 e. The summed E-state index contributed by atoms with van der Waals surface area (Å²) in [4.78, 5) is 13.2. The first-order chi connectivity index (χ1) is 12.5. The van der Waals surface area contributed by atoms with Gasteiger partial charge in [0.1, 0.15) is 5.75 Å². The number of benzene rings is 2. The number of sulfonamides is 1. The van der Waals surface area contributed by atoms with Crippen LogP contribution in [0.2, 0.25) is 5.02 Å². The Labute approximate surface area is 154 Å². The SMILES string of the molecule is O=c1[nH]c2ccc(S(=O)(=O)Nc3cc(Cl)ccc3OCC(F)(F)F)cc2o1. The van der Waals surface area contributed by atoms with E-state index in [-0.39, 0.29) is 32.5 Å². The molecule has 0 spiro atoms. The van der Waals surface area contributed by atoms with Gasteiger partial charge < -0.3 is 9.15 Å². The Morgan fingerprint density at radius 1 is 1.19 bits per heavy atom. The van der Waals surface area contributed by atoms with E-state index in [0.29, 0.717) is 0 Å². The maximum absolute atomic E-state index is 12.6. The maximum Gasteiger partial charge on any atom is 0.422 e. The highest BCUT2D eigenvalue weighted by molar-refractivity contribution is 7.92. The monoisotopic (exact) mass is 422 g/mol. The van der Waals surface area contributed by atoms with E-state index in [1.54, 1.807) is 0 Å². The van der Waals surface area contributed by atoms with Crippen LogP contribution in [-0.4, -0.2) is 26.2 Å². The number of rotatable bonds is 5. The Hall–Kier alpha value is -2.66. The van der Waals surface area contributed by atoms with Gasteiger partial charge in [0.2, 0.25) is 0 Å². The van der Waals surface area contributed by atoms with Gasteiger partial charge in [-0.2, -0.15) is 13.2 Å². The first kappa shape index (κ1) is 19.1. The van der Waals surface area contributed by atoms with Crippen molar-refractivity contribution in [2.45, 2.75) is 11.1 Å². The summed E-state index contributed by atoms with van der Waals surface area (Å²) in [7, 11) is -4.23. The Bertz CT molecular complexity index is 1150. The van der Waals surface area contributed by atoms with Gasteiger partial charge in [-0.05, 0) is 30.3 Å². The van der Waals surface area contributed by atoms with E-state index in [1.165, 1.54) is 18.2 Å². The molecule has 0 saturated heterocycles. The van der Waals surface area contributed by atoms with Crippen molar-refractivity contribution >= 4 is 38.4 Å². The van der Waals surface area contributed by atoms with E-state index < -0.39 is 28.6 Å². The number of aromatic amines is 1. The van der Waals surface area contributed by atoms with Crippen LogP contribution in [0.25, 0.3) is 11.1 Å². The first-order valence-electron chi connectivity index (χ1n) is 7.18. The fraction of sp³-hybridized carbons (Fsp3) is 0.133. The van der Waals surface area contributed by atoms with E-state index in [0.717, 1.165) is 18.2 Å². The molecule has 0 aliphatic heterocycles. The van der Waals surface area contributed by atoms with Crippen LogP contribution in [-0.2, 0) is 10.0 Å². The molecule has 0 fully saturated rings. The van der Waals surface area contributed by atoms with Gasteiger partial charge in [-0.25, -0.2) is 13.2 Å². The van der Waals surface area contributed by atoms with Gasteiger partial charge in [-0.15, -0.1) is 0 Å². The van der Waals surface area contributed by atoms with E-state index in [2.05, 4.69) is 14.4 Å². The van der Waals surface area contributed by atoms with E-state index >= 15 is 0 Å². The molecule has 1 heterocycles. The minimum absolute atomic E-state index is 0.00233. The smallest absolute Gasteiger partial charge is 0.422 e. The first-order valence-corrected chi connectivity index (χ1v) is 9.04. The minimum Gasteiger partial charge on any atom is -0.482 e. The van der Waals surface area contributed by atoms with Crippen LogP contribution >= 0.6 is 11.6 Å². The molecule has 2 aromatic carbocycles. The fourth-order valence-corrected chi connectivity index (χ4v) is 3.41. The normalized spacial score (nSPS) is 12.3. The molecule has 0 amide bonds. The third-order valence-corrected chi connectivity index (χ3v) is 4.88. The second-order valence-corrected chi connectivity index (χ2v) is 7.44. The summed E-state index contributed by atoms with van der Waals surface area (Å²) < 4.78 is 73.8. The number of hydrogen-bond acceptors (Lipinski definition) is 5. The lowest BCUT2D eigenvalue weighted by molar-refractivity contribution is -0.153. The number of H-pyrrole nitrogens is 1. The summed E-state index contributed by atoms with van der Waals surface area (Å²) >= 11 is 5.80. The van der Waals surface area contributed by atoms with Crippen molar-refractivity contribution in [1.82, 2.24) is 4.98 Å². The number of oxazole rings is 1. The molecule has 2 N–H and O–H groups in total. The molecule has 0 bridgehead atoms. The van der Waals surface area contributed by atoms with Crippen LogP contribution in [0.3, 0.4) is 0 Å². The van der Waals surface area contributed by atoms with Crippen molar-refractivity contribution in [2.75, 3.05) is 11.3 Å². The molecule has 3 aromatic rings. The maximum atomic E-state index is 12.6. The van der Waals surface area contributed by atoms with Crippen LogP contribution in [0.5, 0.6) is 5.75 Å². The molecule has 0 aliphatic carbocycles. The molecule has 0 saturated carbocycles.